The van der Waals surface area contributed by atoms with Gasteiger partial charge in [0.25, 0.3) is 0 Å². The van der Waals surface area contributed by atoms with Crippen LogP contribution >= 0.6 is 11.8 Å². The molecule has 0 saturated heterocycles. The molecule has 0 aromatic heterocycles. The number of nitrogens with zero attached hydrogens (tertiary/aromatic N) is 1. The molecule has 0 unspecified atom stereocenters. The van der Waals surface area contributed by atoms with Crippen LogP contribution in [0.1, 0.15) is 21.5 Å². The second-order valence-corrected chi connectivity index (χ2v) is 6.93. The monoisotopic (exact) mass is 361 g/mol. The van der Waals surface area contributed by atoms with Gasteiger partial charge in [-0.05, 0) is 55.0 Å². The average Bonchev–Trinajstić information content (AvgIpc) is 2.69. The first kappa shape index (κ1) is 18.0. The molecule has 130 valence electrons. The molecule has 26 heavy (non-hydrogen) atoms. The fourth-order valence-electron chi connectivity index (χ4n) is 2.34. The van der Waals surface area contributed by atoms with Gasteiger partial charge in [-0.15, -0.1) is 0 Å². The van der Waals surface area contributed by atoms with E-state index in [-0.39, 0.29) is 5.97 Å². The van der Waals surface area contributed by atoms with E-state index in [9.17, 15) is 4.79 Å². The lowest BCUT2D eigenvalue weighted by Gasteiger charge is -2.03. The maximum absolute atomic E-state index is 11.6. The maximum atomic E-state index is 11.6. The molecule has 4 heteroatoms. The van der Waals surface area contributed by atoms with Crippen molar-refractivity contribution in [2.45, 2.75) is 16.7 Å². The molecule has 0 amide bonds. The predicted molar refractivity (Wildman–Crippen MR) is 107 cm³/mol. The fourth-order valence-corrected chi connectivity index (χ4v) is 3.16. The summed E-state index contributed by atoms with van der Waals surface area (Å²) >= 11 is 1.73. The Kier molecular flexibility index (Phi) is 5.87. The van der Waals surface area contributed by atoms with Gasteiger partial charge in [0.15, 0.2) is 0 Å². The zero-order valence-electron chi connectivity index (χ0n) is 14.7. The molecule has 0 aliphatic rings. The first-order valence-corrected chi connectivity index (χ1v) is 9.03. The lowest BCUT2D eigenvalue weighted by molar-refractivity contribution is 0.0601. The third-order valence-corrected chi connectivity index (χ3v) is 4.78. The van der Waals surface area contributed by atoms with E-state index in [0.717, 1.165) is 5.56 Å². The molecule has 0 fully saturated rings. The van der Waals surface area contributed by atoms with Crippen LogP contribution in [0.5, 0.6) is 0 Å². The molecular weight excluding hydrogens is 342 g/mol. The number of esters is 1. The predicted octanol–water partition coefficient (Wildman–Crippen LogP) is 5.68. The van der Waals surface area contributed by atoms with Crippen LogP contribution in [0.4, 0.5) is 5.69 Å². The molecular formula is C22H19NO2S. The van der Waals surface area contributed by atoms with Crippen LogP contribution in [-0.2, 0) is 4.74 Å². The van der Waals surface area contributed by atoms with Crippen molar-refractivity contribution in [3.05, 3.63) is 89.5 Å². The zero-order valence-corrected chi connectivity index (χ0v) is 15.5. The highest BCUT2D eigenvalue weighted by Gasteiger charge is 2.04. The highest BCUT2D eigenvalue weighted by atomic mass is 32.2. The summed E-state index contributed by atoms with van der Waals surface area (Å²) in [6.45, 7) is 2.09. The molecule has 0 N–H and O–H groups in total. The van der Waals surface area contributed by atoms with Crippen molar-refractivity contribution in [1.29, 1.82) is 0 Å². The maximum Gasteiger partial charge on any atom is 0.337 e. The molecule has 3 aromatic carbocycles. The number of carbonyl (C=O) groups is 1. The first-order valence-electron chi connectivity index (χ1n) is 8.21. The summed E-state index contributed by atoms with van der Waals surface area (Å²) in [4.78, 5) is 18.4. The van der Waals surface area contributed by atoms with E-state index in [0.29, 0.717) is 11.3 Å². The number of benzene rings is 3. The fraction of sp³-hybridized carbons (Fsp3) is 0.0909. The summed E-state index contributed by atoms with van der Waals surface area (Å²) in [5, 5.41) is 0. The third-order valence-electron chi connectivity index (χ3n) is 3.77. The smallest absolute Gasteiger partial charge is 0.337 e. The zero-order chi connectivity index (χ0) is 18.4. The van der Waals surface area contributed by atoms with Crippen molar-refractivity contribution in [1.82, 2.24) is 0 Å². The lowest BCUT2D eigenvalue weighted by atomic mass is 10.2. The number of aryl methyl sites for hydroxylation is 1. The average molecular weight is 361 g/mol. The third kappa shape index (κ3) is 4.83. The van der Waals surface area contributed by atoms with Crippen LogP contribution in [0, 0.1) is 6.92 Å². The Balaban J connectivity index is 1.68. The number of ether oxygens (including phenoxy) is 1. The molecule has 3 rings (SSSR count). The van der Waals surface area contributed by atoms with Crippen molar-refractivity contribution < 1.29 is 9.53 Å². The van der Waals surface area contributed by atoms with Crippen LogP contribution in [0.2, 0.25) is 0 Å². The molecule has 0 bridgehead atoms. The van der Waals surface area contributed by atoms with Gasteiger partial charge in [0, 0.05) is 16.0 Å². The summed E-state index contributed by atoms with van der Waals surface area (Å²) in [7, 11) is 1.37. The van der Waals surface area contributed by atoms with Crippen molar-refractivity contribution in [2.75, 3.05) is 7.11 Å². The van der Waals surface area contributed by atoms with E-state index in [1.807, 2.05) is 18.2 Å². The Hall–Kier alpha value is -2.85. The lowest BCUT2D eigenvalue weighted by Crippen LogP contribution is -1.99. The number of hydrogen-bond acceptors (Lipinski definition) is 4. The van der Waals surface area contributed by atoms with Gasteiger partial charge in [-0.1, -0.05) is 47.7 Å². The Morgan fingerprint density at radius 3 is 2.27 bits per heavy atom. The van der Waals surface area contributed by atoms with Crippen molar-refractivity contribution in [3.8, 4) is 0 Å². The normalized spacial score (nSPS) is 10.8. The molecule has 0 saturated carbocycles. The molecule has 0 heterocycles. The van der Waals surface area contributed by atoms with Gasteiger partial charge in [0.2, 0.25) is 0 Å². The van der Waals surface area contributed by atoms with Gasteiger partial charge < -0.3 is 4.74 Å². The minimum Gasteiger partial charge on any atom is -0.465 e. The van der Waals surface area contributed by atoms with Crippen LogP contribution in [0.15, 0.2) is 87.6 Å². The highest BCUT2D eigenvalue weighted by molar-refractivity contribution is 7.99. The van der Waals surface area contributed by atoms with Crippen LogP contribution < -0.4 is 0 Å². The number of carbonyl (C=O) groups excluding carboxylic acids is 1. The summed E-state index contributed by atoms with van der Waals surface area (Å²) in [6, 6.07) is 23.8. The molecule has 3 aromatic rings. The largest absolute Gasteiger partial charge is 0.465 e. The molecule has 0 atom stereocenters. The van der Waals surface area contributed by atoms with Crippen molar-refractivity contribution in [3.63, 3.8) is 0 Å². The van der Waals surface area contributed by atoms with E-state index < -0.39 is 0 Å². The minimum atomic E-state index is -0.362. The summed E-state index contributed by atoms with van der Waals surface area (Å²) in [5.74, 6) is -0.362. The van der Waals surface area contributed by atoms with Gasteiger partial charge in [-0.2, -0.15) is 0 Å². The van der Waals surface area contributed by atoms with Crippen LogP contribution in [0.3, 0.4) is 0 Å². The van der Waals surface area contributed by atoms with E-state index in [1.165, 1.54) is 22.5 Å². The van der Waals surface area contributed by atoms with Gasteiger partial charge in [0.05, 0.1) is 18.4 Å². The molecule has 3 nitrogen and oxygen atoms in total. The standard InChI is InChI=1S/C22H19NO2S/c1-16-6-10-20(11-7-16)26-21-12-8-17(9-13-21)15-23-19-5-3-4-18(14-19)22(24)25-2/h3-15H,1-2H3. The van der Waals surface area contributed by atoms with E-state index in [1.54, 1.807) is 36.2 Å². The summed E-state index contributed by atoms with van der Waals surface area (Å²) in [6.07, 6.45) is 1.79. The number of hydrogen-bond donors (Lipinski definition) is 0. The number of methoxy groups -OCH3 is 1. The molecule has 0 aliphatic carbocycles. The van der Waals surface area contributed by atoms with Gasteiger partial charge >= 0.3 is 5.97 Å². The second kappa shape index (κ2) is 8.50. The summed E-state index contributed by atoms with van der Waals surface area (Å²) in [5.41, 5.74) is 3.47. The quantitative estimate of drug-likeness (QED) is 0.433. The first-order chi connectivity index (χ1) is 12.6. The summed E-state index contributed by atoms with van der Waals surface area (Å²) < 4.78 is 4.73. The van der Waals surface area contributed by atoms with Gasteiger partial charge in [-0.3, -0.25) is 4.99 Å². The molecule has 0 aliphatic heterocycles. The molecule has 0 radical (unpaired) electrons. The van der Waals surface area contributed by atoms with Crippen molar-refractivity contribution in [2.24, 2.45) is 4.99 Å². The SMILES string of the molecule is COC(=O)c1cccc(N=Cc2ccc(Sc3ccc(C)cc3)cc2)c1. The van der Waals surface area contributed by atoms with Crippen LogP contribution in [0.25, 0.3) is 0 Å². The topological polar surface area (TPSA) is 38.7 Å². The van der Waals surface area contributed by atoms with E-state index in [4.69, 9.17) is 4.74 Å². The Bertz CT molecular complexity index is 916. The number of rotatable bonds is 5. The Morgan fingerprint density at radius 1 is 0.962 bits per heavy atom. The highest BCUT2D eigenvalue weighted by Crippen LogP contribution is 2.27. The Labute approximate surface area is 157 Å². The minimum absolute atomic E-state index is 0.362. The van der Waals surface area contributed by atoms with Crippen molar-refractivity contribution >= 4 is 29.6 Å². The van der Waals surface area contributed by atoms with Gasteiger partial charge in [-0.25, -0.2) is 4.79 Å². The van der Waals surface area contributed by atoms with E-state index in [2.05, 4.69) is 48.3 Å². The van der Waals surface area contributed by atoms with Gasteiger partial charge in [0.1, 0.15) is 0 Å². The van der Waals surface area contributed by atoms with E-state index >= 15 is 0 Å². The molecule has 0 spiro atoms. The van der Waals surface area contributed by atoms with Crippen LogP contribution in [-0.4, -0.2) is 19.3 Å². The number of aliphatic imine (C=N–C) groups is 1. The second-order valence-electron chi connectivity index (χ2n) is 5.78. The Morgan fingerprint density at radius 2 is 1.62 bits per heavy atom.